The normalized spacial score (nSPS) is 18.9. The summed E-state index contributed by atoms with van der Waals surface area (Å²) >= 11 is 0. The molecule has 1 fully saturated rings. The Bertz CT molecular complexity index is 1420. The molecule has 0 bridgehead atoms. The van der Waals surface area contributed by atoms with Crippen LogP contribution in [0.5, 0.6) is 0 Å². The molecule has 0 spiro atoms. The minimum Gasteiger partial charge on any atom is -0.368 e. The van der Waals surface area contributed by atoms with Crippen LogP contribution < -0.4 is 11.6 Å². The van der Waals surface area contributed by atoms with Crippen molar-refractivity contribution >= 4 is 11.8 Å². The van der Waals surface area contributed by atoms with Crippen molar-refractivity contribution in [3.05, 3.63) is 114 Å². The standard InChI is InChI=1S/C33H39N7O2/c1-39(35)31(42)33(27-15-7-3-8-16-27,28-17-9-4-10-18-28)21-11-12-25-19-22-32(23-20-25,26-13-5-2-6-14-26)30-36-38-40(37-30)24-29(34)41/h2-10,13-18,25H,11-12,19-24,35H2,1H3,(H2,34,41). The summed E-state index contributed by atoms with van der Waals surface area (Å²) in [5, 5.41) is 14.3. The molecule has 5 rings (SSSR count). The van der Waals surface area contributed by atoms with Gasteiger partial charge in [-0.25, -0.2) is 5.84 Å². The summed E-state index contributed by atoms with van der Waals surface area (Å²) in [5.74, 6) is 6.64. The summed E-state index contributed by atoms with van der Waals surface area (Å²) in [4.78, 5) is 26.6. The lowest BCUT2D eigenvalue weighted by Crippen LogP contribution is -2.49. The molecule has 1 aliphatic rings. The highest BCUT2D eigenvalue weighted by atomic mass is 16.2. The van der Waals surface area contributed by atoms with Crippen molar-refractivity contribution in [1.82, 2.24) is 25.2 Å². The van der Waals surface area contributed by atoms with E-state index in [0.29, 0.717) is 18.2 Å². The number of carbonyl (C=O) groups is 2. The van der Waals surface area contributed by atoms with Crippen molar-refractivity contribution in [2.75, 3.05) is 7.05 Å². The van der Waals surface area contributed by atoms with E-state index in [9.17, 15) is 9.59 Å². The van der Waals surface area contributed by atoms with Gasteiger partial charge in [-0.15, -0.1) is 10.2 Å². The number of benzene rings is 3. The average Bonchev–Trinajstić information content (AvgIpc) is 3.49. The van der Waals surface area contributed by atoms with E-state index in [1.54, 1.807) is 7.05 Å². The number of nitrogens with zero attached hydrogens (tertiary/aromatic N) is 5. The highest BCUT2D eigenvalue weighted by Crippen LogP contribution is 2.47. The maximum absolute atomic E-state index is 13.9. The maximum Gasteiger partial charge on any atom is 0.251 e. The minimum absolute atomic E-state index is 0.0955. The molecule has 0 saturated heterocycles. The van der Waals surface area contributed by atoms with E-state index in [2.05, 4.69) is 27.5 Å². The van der Waals surface area contributed by atoms with E-state index in [0.717, 1.165) is 55.2 Å². The Labute approximate surface area is 246 Å². The maximum atomic E-state index is 13.9. The predicted octanol–water partition coefficient (Wildman–Crippen LogP) is 4.12. The predicted molar refractivity (Wildman–Crippen MR) is 161 cm³/mol. The summed E-state index contributed by atoms with van der Waals surface area (Å²) in [6.07, 6.45) is 6.26. The number of carbonyl (C=O) groups excluding carboxylic acids is 2. The summed E-state index contributed by atoms with van der Waals surface area (Å²) in [6, 6.07) is 30.3. The zero-order valence-corrected chi connectivity index (χ0v) is 24.1. The molecule has 0 atom stereocenters. The van der Waals surface area contributed by atoms with Gasteiger partial charge < -0.3 is 5.73 Å². The highest BCUT2D eigenvalue weighted by molar-refractivity contribution is 5.91. The van der Waals surface area contributed by atoms with Gasteiger partial charge in [0.05, 0.1) is 5.41 Å². The van der Waals surface area contributed by atoms with E-state index in [4.69, 9.17) is 11.6 Å². The Morgan fingerprint density at radius 2 is 1.48 bits per heavy atom. The number of hydrazine groups is 1. The largest absolute Gasteiger partial charge is 0.368 e. The van der Waals surface area contributed by atoms with Crippen LogP contribution >= 0.6 is 0 Å². The lowest BCUT2D eigenvalue weighted by molar-refractivity contribution is -0.135. The number of hydrogen-bond acceptors (Lipinski definition) is 6. The lowest BCUT2D eigenvalue weighted by atomic mass is 9.64. The fourth-order valence-corrected chi connectivity index (χ4v) is 6.71. The molecule has 0 radical (unpaired) electrons. The van der Waals surface area contributed by atoms with Crippen molar-refractivity contribution in [3.8, 4) is 0 Å². The molecule has 1 saturated carbocycles. The smallest absolute Gasteiger partial charge is 0.251 e. The topological polar surface area (TPSA) is 133 Å². The van der Waals surface area contributed by atoms with Crippen LogP contribution in [0.15, 0.2) is 91.0 Å². The van der Waals surface area contributed by atoms with Crippen molar-refractivity contribution in [1.29, 1.82) is 0 Å². The van der Waals surface area contributed by atoms with Gasteiger partial charge in [0.2, 0.25) is 5.91 Å². The Hall–Kier alpha value is -4.37. The molecule has 1 heterocycles. The summed E-state index contributed by atoms with van der Waals surface area (Å²) in [7, 11) is 1.63. The lowest BCUT2D eigenvalue weighted by Gasteiger charge is -2.39. The van der Waals surface area contributed by atoms with Crippen molar-refractivity contribution in [3.63, 3.8) is 0 Å². The van der Waals surface area contributed by atoms with Crippen LogP contribution in [0.3, 0.4) is 0 Å². The molecule has 4 aromatic rings. The fourth-order valence-electron chi connectivity index (χ4n) is 6.71. The van der Waals surface area contributed by atoms with Crippen LogP contribution in [0, 0.1) is 5.92 Å². The number of hydrogen-bond donors (Lipinski definition) is 2. The molecular weight excluding hydrogens is 526 g/mol. The molecule has 9 nitrogen and oxygen atoms in total. The number of primary amides is 1. The second-order valence-electron chi connectivity index (χ2n) is 11.4. The summed E-state index contributed by atoms with van der Waals surface area (Å²) in [6.45, 7) is -0.0955. The van der Waals surface area contributed by atoms with Gasteiger partial charge in [0, 0.05) is 7.05 Å². The molecule has 9 heteroatoms. The van der Waals surface area contributed by atoms with Crippen LogP contribution in [-0.4, -0.2) is 44.1 Å². The SMILES string of the molecule is CN(N)C(=O)C(CCCC1CCC(c2ccccc2)(c2nnn(CC(N)=O)n2)CC1)(c1ccccc1)c1ccccc1. The van der Waals surface area contributed by atoms with E-state index in [-0.39, 0.29) is 17.9 Å². The van der Waals surface area contributed by atoms with Gasteiger partial charge >= 0.3 is 0 Å². The Morgan fingerprint density at radius 1 is 0.929 bits per heavy atom. The third-order valence-corrected chi connectivity index (χ3v) is 8.85. The van der Waals surface area contributed by atoms with Crippen LogP contribution in [0.25, 0.3) is 0 Å². The molecule has 218 valence electrons. The second kappa shape index (κ2) is 12.7. The summed E-state index contributed by atoms with van der Waals surface area (Å²) in [5.41, 5.74) is 7.19. The van der Waals surface area contributed by atoms with Gasteiger partial charge in [0.1, 0.15) is 12.0 Å². The molecule has 3 aromatic carbocycles. The van der Waals surface area contributed by atoms with Crippen LogP contribution in [0.2, 0.25) is 0 Å². The van der Waals surface area contributed by atoms with Gasteiger partial charge in [-0.2, -0.15) is 4.80 Å². The molecule has 1 aliphatic carbocycles. The van der Waals surface area contributed by atoms with Gasteiger partial charge in [-0.1, -0.05) is 104 Å². The Morgan fingerprint density at radius 3 is 2.00 bits per heavy atom. The number of nitrogens with two attached hydrogens (primary N) is 2. The summed E-state index contributed by atoms with van der Waals surface area (Å²) < 4.78 is 0. The molecule has 0 unspecified atom stereocenters. The minimum atomic E-state index is -0.864. The third-order valence-electron chi connectivity index (χ3n) is 8.85. The van der Waals surface area contributed by atoms with Crippen LogP contribution in [0.4, 0.5) is 0 Å². The highest BCUT2D eigenvalue weighted by Gasteiger charge is 2.44. The van der Waals surface area contributed by atoms with Crippen molar-refractivity contribution in [2.45, 2.75) is 62.3 Å². The quantitative estimate of drug-likeness (QED) is 0.160. The van der Waals surface area contributed by atoms with Gasteiger partial charge in [-0.05, 0) is 59.9 Å². The molecular formula is C33H39N7O2. The second-order valence-corrected chi connectivity index (χ2v) is 11.4. The van der Waals surface area contributed by atoms with Gasteiger partial charge in [-0.3, -0.25) is 14.6 Å². The molecule has 4 N–H and O–H groups in total. The third kappa shape index (κ3) is 5.83. The molecule has 2 amide bonds. The number of likely N-dealkylation sites (N-methyl/N-ethyl adjacent to an activating group) is 1. The number of tetrazole rings is 1. The monoisotopic (exact) mass is 565 g/mol. The zero-order valence-electron chi connectivity index (χ0n) is 24.1. The zero-order chi connectivity index (χ0) is 29.6. The first-order chi connectivity index (χ1) is 20.3. The van der Waals surface area contributed by atoms with E-state index in [1.165, 1.54) is 9.81 Å². The molecule has 0 aliphatic heterocycles. The van der Waals surface area contributed by atoms with Crippen LogP contribution in [-0.2, 0) is 27.0 Å². The van der Waals surface area contributed by atoms with Gasteiger partial charge in [0.25, 0.3) is 5.91 Å². The van der Waals surface area contributed by atoms with Crippen molar-refractivity contribution < 1.29 is 9.59 Å². The number of amides is 2. The van der Waals surface area contributed by atoms with Gasteiger partial charge in [0.15, 0.2) is 5.82 Å². The van der Waals surface area contributed by atoms with E-state index < -0.39 is 11.3 Å². The molecule has 42 heavy (non-hydrogen) atoms. The fraction of sp³-hybridized carbons (Fsp3) is 0.364. The van der Waals surface area contributed by atoms with Crippen molar-refractivity contribution in [2.24, 2.45) is 17.5 Å². The van der Waals surface area contributed by atoms with E-state index in [1.807, 2.05) is 78.9 Å². The number of aromatic nitrogens is 4. The van der Waals surface area contributed by atoms with Crippen LogP contribution in [0.1, 0.15) is 67.5 Å². The Balaban J connectivity index is 1.35. The first-order valence-corrected chi connectivity index (χ1v) is 14.6. The number of rotatable bonds is 11. The first kappa shape index (κ1) is 29.1. The average molecular weight is 566 g/mol. The molecule has 1 aromatic heterocycles. The first-order valence-electron chi connectivity index (χ1n) is 14.6. The Kier molecular flexibility index (Phi) is 8.77. The van der Waals surface area contributed by atoms with E-state index >= 15 is 0 Å².